The molecule has 7 nitrogen and oxygen atoms in total. The van der Waals surface area contributed by atoms with Crippen LogP contribution in [0.3, 0.4) is 0 Å². The predicted molar refractivity (Wildman–Crippen MR) is 83.7 cm³/mol. The molecule has 0 aromatic carbocycles. The Kier molecular flexibility index (Phi) is 4.67. The van der Waals surface area contributed by atoms with Gasteiger partial charge in [0.05, 0.1) is 17.6 Å². The first-order valence-corrected chi connectivity index (χ1v) is 9.43. The number of ether oxygens (including phenoxy) is 2. The predicted octanol–water partition coefficient (Wildman–Crippen LogP) is 1.55. The SMILES string of the molecule is COC(=O)C1(NC(=O)OC(C)(C)C)CC2CCCC(C1)S2(=O)=O. The third-order valence-electron chi connectivity index (χ3n) is 4.45. The number of nitrogens with one attached hydrogen (secondary N) is 1. The van der Waals surface area contributed by atoms with Crippen molar-refractivity contribution >= 4 is 21.9 Å². The molecular formula is C15H25NO6S. The number of esters is 1. The molecule has 0 aliphatic carbocycles. The minimum absolute atomic E-state index is 0.0394. The van der Waals surface area contributed by atoms with Crippen LogP contribution in [0.1, 0.15) is 52.9 Å². The van der Waals surface area contributed by atoms with Gasteiger partial charge in [-0.2, -0.15) is 0 Å². The van der Waals surface area contributed by atoms with Crippen molar-refractivity contribution in [3.05, 3.63) is 0 Å². The van der Waals surface area contributed by atoms with E-state index in [1.54, 1.807) is 20.8 Å². The van der Waals surface area contributed by atoms with Crippen molar-refractivity contribution in [1.82, 2.24) is 5.32 Å². The fourth-order valence-electron chi connectivity index (χ4n) is 3.49. The van der Waals surface area contributed by atoms with Crippen LogP contribution in [0.2, 0.25) is 0 Å². The molecule has 1 amide bonds. The minimum atomic E-state index is -3.25. The van der Waals surface area contributed by atoms with Crippen LogP contribution < -0.4 is 5.32 Å². The van der Waals surface area contributed by atoms with Crippen molar-refractivity contribution in [2.45, 2.75) is 74.5 Å². The average Bonchev–Trinajstić information content (AvgIpc) is 2.36. The molecule has 2 rings (SSSR count). The number of alkyl carbamates (subject to hydrolysis) is 1. The molecule has 0 spiro atoms. The van der Waals surface area contributed by atoms with Gasteiger partial charge in [0.1, 0.15) is 11.1 Å². The second-order valence-electron chi connectivity index (χ2n) is 7.37. The lowest BCUT2D eigenvalue weighted by atomic mass is 9.82. The molecule has 2 bridgehead atoms. The fraction of sp³-hybridized carbons (Fsp3) is 0.867. The molecule has 8 heteroatoms. The summed E-state index contributed by atoms with van der Waals surface area (Å²) < 4.78 is 34.9. The van der Waals surface area contributed by atoms with Crippen LogP contribution in [-0.2, 0) is 24.1 Å². The molecule has 0 aromatic rings. The molecule has 2 saturated heterocycles. The average molecular weight is 347 g/mol. The van der Waals surface area contributed by atoms with Gasteiger partial charge >= 0.3 is 12.1 Å². The second-order valence-corrected chi connectivity index (χ2v) is 9.88. The Morgan fingerprint density at radius 3 is 2.09 bits per heavy atom. The number of methoxy groups -OCH3 is 1. The Hall–Kier alpha value is -1.31. The third kappa shape index (κ3) is 3.62. The van der Waals surface area contributed by atoms with Gasteiger partial charge in [-0.05, 0) is 46.5 Å². The van der Waals surface area contributed by atoms with Gasteiger partial charge in [0, 0.05) is 0 Å². The van der Waals surface area contributed by atoms with Crippen molar-refractivity contribution < 1.29 is 27.5 Å². The molecule has 2 heterocycles. The van der Waals surface area contributed by atoms with E-state index in [1.165, 1.54) is 7.11 Å². The monoisotopic (exact) mass is 347 g/mol. The molecule has 1 N–H and O–H groups in total. The van der Waals surface area contributed by atoms with Crippen LogP contribution in [0, 0.1) is 0 Å². The molecular weight excluding hydrogens is 322 g/mol. The summed E-state index contributed by atoms with van der Waals surface area (Å²) in [7, 11) is -2.01. The maximum absolute atomic E-state index is 12.4. The van der Waals surface area contributed by atoms with Gasteiger partial charge in [-0.3, -0.25) is 0 Å². The number of rotatable bonds is 2. The number of carbonyl (C=O) groups excluding carboxylic acids is 2. The first-order valence-electron chi connectivity index (χ1n) is 7.82. The smallest absolute Gasteiger partial charge is 0.408 e. The second kappa shape index (κ2) is 5.96. The number of sulfone groups is 1. The van der Waals surface area contributed by atoms with E-state index < -0.39 is 43.5 Å². The first kappa shape index (κ1) is 18.0. The quantitative estimate of drug-likeness (QED) is 0.761. The third-order valence-corrected chi connectivity index (χ3v) is 7.11. The van der Waals surface area contributed by atoms with Crippen LogP contribution in [-0.4, -0.2) is 49.2 Å². The Labute approximate surface area is 137 Å². The molecule has 132 valence electrons. The van der Waals surface area contributed by atoms with E-state index in [4.69, 9.17) is 9.47 Å². The topological polar surface area (TPSA) is 98.8 Å². The van der Waals surface area contributed by atoms with Gasteiger partial charge < -0.3 is 14.8 Å². The van der Waals surface area contributed by atoms with Crippen molar-refractivity contribution in [1.29, 1.82) is 0 Å². The van der Waals surface area contributed by atoms with Crippen molar-refractivity contribution in [2.24, 2.45) is 0 Å². The molecule has 0 radical (unpaired) electrons. The van der Waals surface area contributed by atoms with Gasteiger partial charge in [0.25, 0.3) is 0 Å². The van der Waals surface area contributed by atoms with Gasteiger partial charge in [0.15, 0.2) is 9.84 Å². The first-order chi connectivity index (χ1) is 10.5. The molecule has 2 unspecified atom stereocenters. The Morgan fingerprint density at radius 2 is 1.65 bits per heavy atom. The summed E-state index contributed by atoms with van der Waals surface area (Å²) >= 11 is 0. The van der Waals surface area contributed by atoms with E-state index >= 15 is 0 Å². The molecule has 2 fully saturated rings. The van der Waals surface area contributed by atoms with E-state index in [9.17, 15) is 18.0 Å². The zero-order valence-corrected chi connectivity index (χ0v) is 14.9. The summed E-state index contributed by atoms with van der Waals surface area (Å²) in [5.41, 5.74) is -2.05. The molecule has 2 aliphatic rings. The standard InChI is InChI=1S/C15H25NO6S/c1-14(2,3)22-13(18)16-15(12(17)21-4)8-10-6-5-7-11(9-15)23(10,19)20/h10-11H,5-9H2,1-4H3,(H,16,18). The van der Waals surface area contributed by atoms with Crippen molar-refractivity contribution in [2.75, 3.05) is 7.11 Å². The van der Waals surface area contributed by atoms with E-state index in [0.29, 0.717) is 12.8 Å². The lowest BCUT2D eigenvalue weighted by Gasteiger charge is -2.44. The van der Waals surface area contributed by atoms with Crippen LogP contribution in [0.15, 0.2) is 0 Å². The zero-order valence-electron chi connectivity index (χ0n) is 14.0. The molecule has 2 atom stereocenters. The largest absolute Gasteiger partial charge is 0.467 e. The molecule has 2 aliphatic heterocycles. The maximum Gasteiger partial charge on any atom is 0.408 e. The number of amides is 1. The normalized spacial score (nSPS) is 32.7. The van der Waals surface area contributed by atoms with Crippen LogP contribution in [0.5, 0.6) is 0 Å². The Balaban J connectivity index is 2.28. The summed E-state index contributed by atoms with van der Waals surface area (Å²) in [5.74, 6) is -0.616. The highest BCUT2D eigenvalue weighted by Gasteiger charge is 2.56. The summed E-state index contributed by atoms with van der Waals surface area (Å²) in [6.07, 6.45) is 1.18. The summed E-state index contributed by atoms with van der Waals surface area (Å²) in [6.45, 7) is 5.16. The van der Waals surface area contributed by atoms with Crippen molar-refractivity contribution in [3.63, 3.8) is 0 Å². The summed E-state index contributed by atoms with van der Waals surface area (Å²) in [4.78, 5) is 24.5. The van der Waals surface area contributed by atoms with E-state index in [0.717, 1.165) is 6.42 Å². The van der Waals surface area contributed by atoms with Crippen LogP contribution >= 0.6 is 0 Å². The maximum atomic E-state index is 12.4. The van der Waals surface area contributed by atoms with E-state index in [1.807, 2.05) is 0 Å². The van der Waals surface area contributed by atoms with Crippen LogP contribution in [0.25, 0.3) is 0 Å². The van der Waals surface area contributed by atoms with Gasteiger partial charge in [-0.25, -0.2) is 18.0 Å². The zero-order chi connectivity index (χ0) is 17.5. The molecule has 0 saturated carbocycles. The number of fused-ring (bicyclic) bond motifs is 2. The number of hydrogen-bond acceptors (Lipinski definition) is 6. The number of hydrogen-bond donors (Lipinski definition) is 1. The summed E-state index contributed by atoms with van der Waals surface area (Å²) in [5, 5.41) is 1.36. The Morgan fingerprint density at radius 1 is 1.13 bits per heavy atom. The summed E-state index contributed by atoms with van der Waals surface area (Å²) in [6, 6.07) is 0. The van der Waals surface area contributed by atoms with Gasteiger partial charge in [-0.1, -0.05) is 6.42 Å². The highest BCUT2D eigenvalue weighted by atomic mass is 32.2. The van der Waals surface area contributed by atoms with Crippen LogP contribution in [0.4, 0.5) is 4.79 Å². The highest BCUT2D eigenvalue weighted by molar-refractivity contribution is 7.92. The number of carbonyl (C=O) groups is 2. The van der Waals surface area contributed by atoms with Crippen molar-refractivity contribution in [3.8, 4) is 0 Å². The fourth-order valence-corrected chi connectivity index (χ4v) is 6.05. The minimum Gasteiger partial charge on any atom is -0.467 e. The molecule has 0 aromatic heterocycles. The van der Waals surface area contributed by atoms with E-state index in [2.05, 4.69) is 5.32 Å². The van der Waals surface area contributed by atoms with Gasteiger partial charge in [-0.15, -0.1) is 0 Å². The van der Waals surface area contributed by atoms with E-state index in [-0.39, 0.29) is 12.8 Å². The lowest BCUT2D eigenvalue weighted by molar-refractivity contribution is -0.149. The van der Waals surface area contributed by atoms with Gasteiger partial charge in [0.2, 0.25) is 0 Å². The lowest BCUT2D eigenvalue weighted by Crippen LogP contribution is -2.64. The molecule has 23 heavy (non-hydrogen) atoms. The highest BCUT2D eigenvalue weighted by Crippen LogP contribution is 2.42. The Bertz CT molecular complexity index is 572.